The summed E-state index contributed by atoms with van der Waals surface area (Å²) in [6, 6.07) is 9.89. The number of anilines is 1. The number of morpholine rings is 1. The fourth-order valence-corrected chi connectivity index (χ4v) is 5.51. The second-order valence-corrected chi connectivity index (χ2v) is 9.71. The van der Waals surface area contributed by atoms with Crippen LogP contribution >= 0.6 is 22.9 Å². The number of nitrogens with zero attached hydrogens (tertiary/aromatic N) is 4. The summed E-state index contributed by atoms with van der Waals surface area (Å²) in [5.41, 5.74) is 0.891. The van der Waals surface area contributed by atoms with Crippen LogP contribution in [0.4, 0.5) is 5.82 Å². The minimum Gasteiger partial charge on any atom is -0.387 e. The summed E-state index contributed by atoms with van der Waals surface area (Å²) in [6.45, 7) is 5.69. The van der Waals surface area contributed by atoms with Gasteiger partial charge in [-0.05, 0) is 61.5 Å². The van der Waals surface area contributed by atoms with Gasteiger partial charge >= 0.3 is 0 Å². The van der Waals surface area contributed by atoms with E-state index in [2.05, 4.69) is 9.80 Å². The van der Waals surface area contributed by atoms with Gasteiger partial charge in [-0.1, -0.05) is 17.7 Å². The van der Waals surface area contributed by atoms with Crippen LogP contribution in [-0.4, -0.2) is 59.4 Å². The molecule has 164 valence electrons. The predicted molar refractivity (Wildman–Crippen MR) is 125 cm³/mol. The van der Waals surface area contributed by atoms with Crippen molar-refractivity contribution in [1.29, 1.82) is 0 Å². The third kappa shape index (κ3) is 4.71. The number of hydrogen-bond donors (Lipinski definition) is 1. The number of thiophene rings is 1. The van der Waals surface area contributed by atoms with Crippen molar-refractivity contribution >= 4 is 39.7 Å². The molecule has 6 nitrogen and oxygen atoms in total. The van der Waals surface area contributed by atoms with E-state index >= 15 is 0 Å². The van der Waals surface area contributed by atoms with E-state index in [1.54, 1.807) is 11.3 Å². The first-order valence-electron chi connectivity index (χ1n) is 10.9. The van der Waals surface area contributed by atoms with E-state index in [1.807, 2.05) is 35.7 Å². The number of aliphatic hydroxyl groups is 1. The van der Waals surface area contributed by atoms with Gasteiger partial charge in [0.05, 0.1) is 31.4 Å². The lowest BCUT2D eigenvalue weighted by Gasteiger charge is -2.34. The molecule has 5 rings (SSSR count). The Morgan fingerprint density at radius 1 is 1.13 bits per heavy atom. The molecule has 3 aromatic rings. The average molecular weight is 459 g/mol. The van der Waals surface area contributed by atoms with Crippen molar-refractivity contribution in [3.8, 4) is 0 Å². The molecular formula is C23H27ClN4O2S. The zero-order valence-electron chi connectivity index (χ0n) is 17.4. The van der Waals surface area contributed by atoms with E-state index in [0.717, 1.165) is 66.4 Å². The van der Waals surface area contributed by atoms with Gasteiger partial charge in [0.25, 0.3) is 0 Å². The zero-order chi connectivity index (χ0) is 21.2. The summed E-state index contributed by atoms with van der Waals surface area (Å²) in [5.74, 6) is 2.12. The van der Waals surface area contributed by atoms with Gasteiger partial charge < -0.3 is 14.7 Å². The SMILES string of the molecule is OC(c1cccs1)C1CCN(Cc2nc(N3CCOCC3)c3ccc(Cl)cc3n2)CC1. The maximum absolute atomic E-state index is 10.7. The van der Waals surface area contributed by atoms with Gasteiger partial charge in [-0.25, -0.2) is 9.97 Å². The minimum atomic E-state index is -0.353. The Morgan fingerprint density at radius 3 is 2.68 bits per heavy atom. The predicted octanol–water partition coefficient (Wildman–Crippen LogP) is 4.13. The molecule has 0 amide bonds. The van der Waals surface area contributed by atoms with E-state index in [0.29, 0.717) is 30.7 Å². The summed E-state index contributed by atoms with van der Waals surface area (Å²) in [5, 5.41) is 14.4. The summed E-state index contributed by atoms with van der Waals surface area (Å²) >= 11 is 7.90. The third-order valence-electron chi connectivity index (χ3n) is 6.27. The van der Waals surface area contributed by atoms with Crippen molar-refractivity contribution in [1.82, 2.24) is 14.9 Å². The van der Waals surface area contributed by atoms with Crippen molar-refractivity contribution in [2.75, 3.05) is 44.3 Å². The van der Waals surface area contributed by atoms with Crippen LogP contribution < -0.4 is 4.90 Å². The summed E-state index contributed by atoms with van der Waals surface area (Å²) in [6.07, 6.45) is 1.61. The summed E-state index contributed by atoms with van der Waals surface area (Å²) in [4.78, 5) is 15.6. The number of likely N-dealkylation sites (tertiary alicyclic amines) is 1. The number of fused-ring (bicyclic) bond motifs is 1. The van der Waals surface area contributed by atoms with Gasteiger partial charge in [0.15, 0.2) is 0 Å². The highest BCUT2D eigenvalue weighted by Crippen LogP contribution is 2.33. The molecule has 0 aliphatic carbocycles. The average Bonchev–Trinajstić information content (AvgIpc) is 3.34. The fraction of sp³-hybridized carbons (Fsp3) is 0.478. The van der Waals surface area contributed by atoms with E-state index in [-0.39, 0.29) is 6.10 Å². The number of rotatable bonds is 5. The molecule has 1 atom stereocenters. The maximum Gasteiger partial charge on any atom is 0.145 e. The number of benzene rings is 1. The van der Waals surface area contributed by atoms with Gasteiger partial charge in [-0.3, -0.25) is 4.90 Å². The van der Waals surface area contributed by atoms with Crippen molar-refractivity contribution < 1.29 is 9.84 Å². The Labute approximate surface area is 191 Å². The molecule has 2 fully saturated rings. The van der Waals surface area contributed by atoms with Crippen LogP contribution in [0.2, 0.25) is 5.02 Å². The van der Waals surface area contributed by atoms with Crippen LogP contribution in [0.5, 0.6) is 0 Å². The molecule has 0 saturated carbocycles. The molecule has 1 aromatic carbocycles. The Kier molecular flexibility index (Phi) is 6.39. The fourth-order valence-electron chi connectivity index (χ4n) is 4.54. The topological polar surface area (TPSA) is 61.7 Å². The van der Waals surface area contributed by atoms with Crippen LogP contribution in [0.3, 0.4) is 0 Å². The molecule has 2 saturated heterocycles. The first-order valence-corrected chi connectivity index (χ1v) is 12.2. The Hall–Kier alpha value is -1.77. The van der Waals surface area contributed by atoms with Gasteiger partial charge in [0.2, 0.25) is 0 Å². The Morgan fingerprint density at radius 2 is 1.94 bits per heavy atom. The molecule has 1 unspecified atom stereocenters. The summed E-state index contributed by atoms with van der Waals surface area (Å²) < 4.78 is 5.53. The quantitative estimate of drug-likeness (QED) is 0.620. The molecule has 0 spiro atoms. The largest absolute Gasteiger partial charge is 0.387 e. The second kappa shape index (κ2) is 9.38. The highest BCUT2D eigenvalue weighted by molar-refractivity contribution is 7.10. The lowest BCUT2D eigenvalue weighted by molar-refractivity contribution is 0.0584. The third-order valence-corrected chi connectivity index (χ3v) is 7.45. The van der Waals surface area contributed by atoms with Crippen molar-refractivity contribution in [2.45, 2.75) is 25.5 Å². The molecule has 2 aliphatic rings. The first kappa shape index (κ1) is 21.1. The van der Waals surface area contributed by atoms with Crippen molar-refractivity contribution in [3.05, 3.63) is 51.4 Å². The van der Waals surface area contributed by atoms with Crippen molar-refractivity contribution in [3.63, 3.8) is 0 Å². The van der Waals surface area contributed by atoms with Gasteiger partial charge in [-0.2, -0.15) is 0 Å². The molecule has 4 heterocycles. The smallest absolute Gasteiger partial charge is 0.145 e. The number of aromatic nitrogens is 2. The molecular weight excluding hydrogens is 432 g/mol. The highest BCUT2D eigenvalue weighted by Gasteiger charge is 2.27. The maximum atomic E-state index is 10.7. The lowest BCUT2D eigenvalue weighted by Crippen LogP contribution is -2.38. The standard InChI is InChI=1S/C23H27ClN4O2S/c24-17-3-4-18-19(14-17)25-21(26-23(18)28-9-11-30-12-10-28)15-27-7-5-16(6-8-27)22(29)20-2-1-13-31-20/h1-4,13-14,16,22,29H,5-12,15H2. The molecule has 2 aromatic heterocycles. The van der Waals surface area contributed by atoms with E-state index in [1.165, 1.54) is 0 Å². The molecule has 0 bridgehead atoms. The van der Waals surface area contributed by atoms with Crippen LogP contribution in [0.15, 0.2) is 35.7 Å². The molecule has 8 heteroatoms. The zero-order valence-corrected chi connectivity index (χ0v) is 19.0. The number of hydrogen-bond acceptors (Lipinski definition) is 7. The van der Waals surface area contributed by atoms with E-state index < -0.39 is 0 Å². The highest BCUT2D eigenvalue weighted by atomic mass is 35.5. The van der Waals surface area contributed by atoms with E-state index in [9.17, 15) is 5.11 Å². The Balaban J connectivity index is 1.32. The number of halogens is 1. The number of piperidine rings is 1. The number of ether oxygens (including phenoxy) is 1. The lowest BCUT2D eigenvalue weighted by atomic mass is 9.90. The monoisotopic (exact) mass is 458 g/mol. The van der Waals surface area contributed by atoms with Gasteiger partial charge in [-0.15, -0.1) is 11.3 Å². The molecule has 1 N–H and O–H groups in total. The number of aliphatic hydroxyl groups excluding tert-OH is 1. The minimum absolute atomic E-state index is 0.315. The van der Waals surface area contributed by atoms with Crippen LogP contribution in [0.25, 0.3) is 10.9 Å². The molecule has 2 aliphatic heterocycles. The van der Waals surface area contributed by atoms with Crippen LogP contribution in [0, 0.1) is 5.92 Å². The van der Waals surface area contributed by atoms with Gasteiger partial charge in [0, 0.05) is 28.4 Å². The second-order valence-electron chi connectivity index (χ2n) is 8.30. The molecule has 0 radical (unpaired) electrons. The van der Waals surface area contributed by atoms with E-state index in [4.69, 9.17) is 26.3 Å². The summed E-state index contributed by atoms with van der Waals surface area (Å²) in [7, 11) is 0. The first-order chi connectivity index (χ1) is 15.2. The van der Waals surface area contributed by atoms with Gasteiger partial charge in [0.1, 0.15) is 11.6 Å². The molecule has 31 heavy (non-hydrogen) atoms. The van der Waals surface area contributed by atoms with Crippen molar-refractivity contribution in [2.24, 2.45) is 5.92 Å². The van der Waals surface area contributed by atoms with Crippen LogP contribution in [-0.2, 0) is 11.3 Å². The normalized spacial score (nSPS) is 19.7. The van der Waals surface area contributed by atoms with Crippen LogP contribution in [0.1, 0.15) is 29.6 Å². The Bertz CT molecular complexity index is 1020.